The first-order valence-corrected chi connectivity index (χ1v) is 8.08. The van der Waals surface area contributed by atoms with Crippen molar-refractivity contribution in [2.45, 2.75) is 46.5 Å². The number of hydrogen-bond acceptors (Lipinski definition) is 5. The van der Waals surface area contributed by atoms with Crippen molar-refractivity contribution >= 4 is 11.6 Å². The third-order valence-corrected chi connectivity index (χ3v) is 4.22. The molecule has 2 heterocycles. The molecule has 1 fully saturated rings. The van der Waals surface area contributed by atoms with Crippen LogP contribution in [0.2, 0.25) is 0 Å². The summed E-state index contributed by atoms with van der Waals surface area (Å²) in [4.78, 5) is 8.82. The summed E-state index contributed by atoms with van der Waals surface area (Å²) in [6, 6.07) is 0. The number of rotatable bonds is 7. The minimum Gasteiger partial charge on any atom is -0.381 e. The standard InChI is InChI=1S/C16H28N4O/c1-4-8-17-14-13(5-2)15(20-12-19-14)18-11-16(3)6-9-21-10-7-16/h12H,4-11H2,1-3H3,(H2,17,18,19,20). The quantitative estimate of drug-likeness (QED) is 0.808. The van der Waals surface area contributed by atoms with Crippen molar-refractivity contribution in [3.8, 4) is 0 Å². The summed E-state index contributed by atoms with van der Waals surface area (Å²) in [6.07, 6.45) is 5.87. The minimum atomic E-state index is 0.297. The molecule has 2 rings (SSSR count). The fourth-order valence-corrected chi connectivity index (χ4v) is 2.63. The van der Waals surface area contributed by atoms with Crippen molar-refractivity contribution in [3.63, 3.8) is 0 Å². The Hall–Kier alpha value is -1.36. The third-order valence-electron chi connectivity index (χ3n) is 4.22. The molecule has 5 nitrogen and oxygen atoms in total. The van der Waals surface area contributed by atoms with Crippen LogP contribution in [0.5, 0.6) is 0 Å². The Morgan fingerprint density at radius 2 is 1.81 bits per heavy atom. The average molecular weight is 292 g/mol. The van der Waals surface area contributed by atoms with Crippen molar-refractivity contribution in [2.75, 3.05) is 36.9 Å². The van der Waals surface area contributed by atoms with Gasteiger partial charge in [-0.25, -0.2) is 9.97 Å². The Kier molecular flexibility index (Phi) is 5.79. The maximum atomic E-state index is 5.46. The predicted octanol–water partition coefficient (Wildman–Crippen LogP) is 3.09. The van der Waals surface area contributed by atoms with Crippen LogP contribution in [0.25, 0.3) is 0 Å². The fourth-order valence-electron chi connectivity index (χ4n) is 2.63. The highest BCUT2D eigenvalue weighted by Gasteiger charge is 2.27. The Morgan fingerprint density at radius 3 is 2.43 bits per heavy atom. The fraction of sp³-hybridized carbons (Fsp3) is 0.750. The van der Waals surface area contributed by atoms with Crippen LogP contribution in [0.3, 0.4) is 0 Å². The summed E-state index contributed by atoms with van der Waals surface area (Å²) >= 11 is 0. The number of hydrogen-bond donors (Lipinski definition) is 2. The van der Waals surface area contributed by atoms with Crippen molar-refractivity contribution in [1.29, 1.82) is 0 Å². The average Bonchev–Trinajstić information content (AvgIpc) is 2.51. The molecule has 5 heteroatoms. The van der Waals surface area contributed by atoms with Crippen LogP contribution >= 0.6 is 0 Å². The van der Waals surface area contributed by atoms with Crippen LogP contribution in [-0.2, 0) is 11.2 Å². The van der Waals surface area contributed by atoms with E-state index in [2.05, 4.69) is 41.4 Å². The lowest BCUT2D eigenvalue weighted by Crippen LogP contribution is -2.33. The van der Waals surface area contributed by atoms with Gasteiger partial charge in [-0.3, -0.25) is 0 Å². The highest BCUT2D eigenvalue weighted by molar-refractivity contribution is 5.57. The summed E-state index contributed by atoms with van der Waals surface area (Å²) < 4.78 is 5.46. The maximum absolute atomic E-state index is 5.46. The Balaban J connectivity index is 2.04. The van der Waals surface area contributed by atoms with E-state index >= 15 is 0 Å². The molecule has 0 bridgehead atoms. The smallest absolute Gasteiger partial charge is 0.134 e. The van der Waals surface area contributed by atoms with Crippen LogP contribution in [0.1, 0.15) is 45.6 Å². The molecule has 0 amide bonds. The number of aromatic nitrogens is 2. The van der Waals surface area contributed by atoms with Gasteiger partial charge in [0, 0.05) is 31.9 Å². The van der Waals surface area contributed by atoms with E-state index in [4.69, 9.17) is 4.74 Å². The molecule has 1 aliphatic rings. The van der Waals surface area contributed by atoms with Crippen LogP contribution in [-0.4, -0.2) is 36.3 Å². The summed E-state index contributed by atoms with van der Waals surface area (Å²) in [5, 5.41) is 6.94. The highest BCUT2D eigenvalue weighted by Crippen LogP contribution is 2.30. The van der Waals surface area contributed by atoms with E-state index in [1.165, 1.54) is 5.56 Å². The number of anilines is 2. The largest absolute Gasteiger partial charge is 0.381 e. The van der Waals surface area contributed by atoms with E-state index in [0.29, 0.717) is 5.41 Å². The van der Waals surface area contributed by atoms with Gasteiger partial charge in [0.2, 0.25) is 0 Å². The van der Waals surface area contributed by atoms with Crippen LogP contribution in [0.15, 0.2) is 6.33 Å². The topological polar surface area (TPSA) is 59.1 Å². The first kappa shape index (κ1) is 16.0. The molecule has 1 saturated heterocycles. The van der Waals surface area contributed by atoms with Gasteiger partial charge in [-0.15, -0.1) is 0 Å². The molecular weight excluding hydrogens is 264 g/mol. The third kappa shape index (κ3) is 4.30. The van der Waals surface area contributed by atoms with Gasteiger partial charge in [-0.1, -0.05) is 20.8 Å². The molecule has 0 unspecified atom stereocenters. The zero-order chi connectivity index (χ0) is 15.1. The van der Waals surface area contributed by atoms with Crippen molar-refractivity contribution in [3.05, 3.63) is 11.9 Å². The van der Waals surface area contributed by atoms with Crippen molar-refractivity contribution < 1.29 is 4.74 Å². The normalized spacial score (nSPS) is 17.5. The minimum absolute atomic E-state index is 0.297. The second kappa shape index (κ2) is 7.59. The molecule has 0 saturated carbocycles. The number of nitrogens with zero attached hydrogens (tertiary/aromatic N) is 2. The molecule has 21 heavy (non-hydrogen) atoms. The lowest BCUT2D eigenvalue weighted by Gasteiger charge is -2.34. The molecule has 0 aromatic carbocycles. The molecule has 1 aromatic heterocycles. The molecular formula is C16H28N4O. The van der Waals surface area contributed by atoms with E-state index < -0.39 is 0 Å². The van der Waals surface area contributed by atoms with E-state index in [1.807, 2.05) is 0 Å². The summed E-state index contributed by atoms with van der Waals surface area (Å²) in [6.45, 7) is 10.2. The van der Waals surface area contributed by atoms with Crippen LogP contribution in [0, 0.1) is 5.41 Å². The lowest BCUT2D eigenvalue weighted by atomic mass is 9.82. The second-order valence-corrected chi connectivity index (χ2v) is 6.11. The summed E-state index contributed by atoms with van der Waals surface area (Å²) in [7, 11) is 0. The zero-order valence-corrected chi connectivity index (χ0v) is 13.5. The van der Waals surface area contributed by atoms with E-state index in [0.717, 1.165) is 63.6 Å². The van der Waals surface area contributed by atoms with Gasteiger partial charge >= 0.3 is 0 Å². The van der Waals surface area contributed by atoms with E-state index in [9.17, 15) is 0 Å². The first-order chi connectivity index (χ1) is 10.2. The molecule has 0 spiro atoms. The van der Waals surface area contributed by atoms with Gasteiger partial charge in [0.25, 0.3) is 0 Å². The van der Waals surface area contributed by atoms with Gasteiger partial charge in [-0.05, 0) is 31.1 Å². The predicted molar refractivity (Wildman–Crippen MR) is 86.8 cm³/mol. The molecule has 2 N–H and O–H groups in total. The number of nitrogens with one attached hydrogen (secondary N) is 2. The van der Waals surface area contributed by atoms with Gasteiger partial charge in [0.05, 0.1) is 0 Å². The molecule has 0 atom stereocenters. The maximum Gasteiger partial charge on any atom is 0.134 e. The second-order valence-electron chi connectivity index (χ2n) is 6.11. The van der Waals surface area contributed by atoms with Crippen molar-refractivity contribution in [1.82, 2.24) is 9.97 Å². The van der Waals surface area contributed by atoms with Gasteiger partial charge in [-0.2, -0.15) is 0 Å². The molecule has 0 aliphatic carbocycles. The Bertz CT molecular complexity index is 444. The van der Waals surface area contributed by atoms with Gasteiger partial charge in [0.15, 0.2) is 0 Å². The Labute approximate surface area is 127 Å². The van der Waals surface area contributed by atoms with E-state index in [1.54, 1.807) is 6.33 Å². The SMILES string of the molecule is CCCNc1ncnc(NCC2(C)CCOCC2)c1CC. The number of ether oxygens (including phenoxy) is 1. The molecule has 1 aromatic rings. The van der Waals surface area contributed by atoms with Crippen LogP contribution < -0.4 is 10.6 Å². The van der Waals surface area contributed by atoms with Crippen LogP contribution in [0.4, 0.5) is 11.6 Å². The summed E-state index contributed by atoms with van der Waals surface area (Å²) in [5.41, 5.74) is 1.48. The van der Waals surface area contributed by atoms with Gasteiger partial charge < -0.3 is 15.4 Å². The Morgan fingerprint density at radius 1 is 1.14 bits per heavy atom. The molecule has 1 aliphatic heterocycles. The first-order valence-electron chi connectivity index (χ1n) is 8.08. The van der Waals surface area contributed by atoms with E-state index in [-0.39, 0.29) is 0 Å². The monoisotopic (exact) mass is 292 g/mol. The zero-order valence-electron chi connectivity index (χ0n) is 13.5. The molecule has 0 radical (unpaired) electrons. The highest BCUT2D eigenvalue weighted by atomic mass is 16.5. The van der Waals surface area contributed by atoms with Crippen molar-refractivity contribution in [2.24, 2.45) is 5.41 Å². The summed E-state index contributed by atoms with van der Waals surface area (Å²) in [5.74, 6) is 1.94. The lowest BCUT2D eigenvalue weighted by molar-refractivity contribution is 0.0299. The molecule has 118 valence electrons. The van der Waals surface area contributed by atoms with Gasteiger partial charge in [0.1, 0.15) is 18.0 Å².